The van der Waals surface area contributed by atoms with Gasteiger partial charge < -0.3 is 14.7 Å². The molecular formula is C11H10N2O. The van der Waals surface area contributed by atoms with Crippen molar-refractivity contribution in [1.29, 1.82) is 0 Å². The van der Waals surface area contributed by atoms with Gasteiger partial charge in [-0.25, -0.2) is 0 Å². The van der Waals surface area contributed by atoms with E-state index in [-0.39, 0.29) is 0 Å². The van der Waals surface area contributed by atoms with E-state index >= 15 is 0 Å². The standard InChI is InChI=1S/C11H10N2O/c1-13-9-2-3-10-7(4-5-14-10)8(9)6-11(13)12/h2-6H,12H2,1H3. The van der Waals surface area contributed by atoms with Crippen molar-refractivity contribution in [2.75, 3.05) is 5.73 Å². The van der Waals surface area contributed by atoms with Crippen LogP contribution in [-0.4, -0.2) is 4.57 Å². The van der Waals surface area contributed by atoms with Gasteiger partial charge >= 0.3 is 0 Å². The van der Waals surface area contributed by atoms with Crippen molar-refractivity contribution < 1.29 is 4.42 Å². The zero-order chi connectivity index (χ0) is 9.71. The van der Waals surface area contributed by atoms with E-state index in [9.17, 15) is 0 Å². The predicted octanol–water partition coefficient (Wildman–Crippen LogP) is 2.51. The number of fused-ring (bicyclic) bond motifs is 3. The van der Waals surface area contributed by atoms with E-state index in [4.69, 9.17) is 10.2 Å². The molecule has 1 aromatic carbocycles. The van der Waals surface area contributed by atoms with Crippen LogP contribution in [0.1, 0.15) is 0 Å². The average molecular weight is 186 g/mol. The number of anilines is 1. The molecule has 2 heterocycles. The molecule has 2 N–H and O–H groups in total. The predicted molar refractivity (Wildman–Crippen MR) is 57.1 cm³/mol. The third-order valence-electron chi connectivity index (χ3n) is 2.69. The van der Waals surface area contributed by atoms with Crippen LogP contribution < -0.4 is 5.73 Å². The van der Waals surface area contributed by atoms with Crippen molar-refractivity contribution in [3.63, 3.8) is 0 Å². The molecule has 0 fully saturated rings. The van der Waals surface area contributed by atoms with E-state index in [1.807, 2.05) is 35.9 Å². The minimum absolute atomic E-state index is 0.772. The van der Waals surface area contributed by atoms with Gasteiger partial charge in [0, 0.05) is 17.8 Å². The van der Waals surface area contributed by atoms with E-state index in [2.05, 4.69) is 0 Å². The van der Waals surface area contributed by atoms with Crippen molar-refractivity contribution in [3.05, 3.63) is 30.5 Å². The van der Waals surface area contributed by atoms with Gasteiger partial charge in [-0.3, -0.25) is 0 Å². The van der Waals surface area contributed by atoms with Crippen molar-refractivity contribution in [3.8, 4) is 0 Å². The molecule has 0 radical (unpaired) electrons. The third-order valence-corrected chi connectivity index (χ3v) is 2.69. The molecular weight excluding hydrogens is 176 g/mol. The summed E-state index contributed by atoms with van der Waals surface area (Å²) in [5.41, 5.74) is 7.89. The normalized spacial score (nSPS) is 11.5. The van der Waals surface area contributed by atoms with Crippen LogP contribution in [0, 0.1) is 0 Å². The van der Waals surface area contributed by atoms with E-state index in [0.717, 1.165) is 27.7 Å². The highest BCUT2D eigenvalue weighted by Crippen LogP contribution is 2.29. The lowest BCUT2D eigenvalue weighted by Gasteiger charge is -1.97. The summed E-state index contributed by atoms with van der Waals surface area (Å²) in [5, 5.41) is 2.27. The second-order valence-corrected chi connectivity index (χ2v) is 3.46. The topological polar surface area (TPSA) is 44.1 Å². The van der Waals surface area contributed by atoms with E-state index in [1.54, 1.807) is 6.26 Å². The van der Waals surface area contributed by atoms with Crippen LogP contribution in [0.15, 0.2) is 34.9 Å². The molecule has 0 unspecified atom stereocenters. The number of hydrogen-bond acceptors (Lipinski definition) is 2. The number of aromatic nitrogens is 1. The monoisotopic (exact) mass is 186 g/mol. The zero-order valence-corrected chi connectivity index (χ0v) is 7.82. The van der Waals surface area contributed by atoms with Crippen LogP contribution in [0.2, 0.25) is 0 Å². The minimum atomic E-state index is 0.772. The molecule has 2 aromatic heterocycles. The van der Waals surface area contributed by atoms with Crippen LogP contribution in [0.5, 0.6) is 0 Å². The Labute approximate surface area is 80.7 Å². The number of aryl methyl sites for hydroxylation is 1. The smallest absolute Gasteiger partial charge is 0.134 e. The van der Waals surface area contributed by atoms with Gasteiger partial charge in [0.15, 0.2) is 0 Å². The molecule has 0 aliphatic rings. The maximum Gasteiger partial charge on any atom is 0.134 e. The lowest BCUT2D eigenvalue weighted by Crippen LogP contribution is -1.94. The lowest BCUT2D eigenvalue weighted by atomic mass is 10.2. The Morgan fingerprint density at radius 3 is 2.93 bits per heavy atom. The summed E-state index contributed by atoms with van der Waals surface area (Å²) in [4.78, 5) is 0. The zero-order valence-electron chi connectivity index (χ0n) is 7.82. The molecule has 0 saturated carbocycles. The Balaban J connectivity index is 2.63. The highest BCUT2D eigenvalue weighted by Gasteiger charge is 2.07. The second kappa shape index (κ2) is 2.32. The molecule has 3 heteroatoms. The molecule has 3 rings (SSSR count). The quantitative estimate of drug-likeness (QED) is 0.586. The number of nitrogens with zero attached hydrogens (tertiary/aromatic N) is 1. The summed E-state index contributed by atoms with van der Waals surface area (Å²) < 4.78 is 7.30. The number of rotatable bonds is 0. The van der Waals surface area contributed by atoms with Gasteiger partial charge in [-0.15, -0.1) is 0 Å². The minimum Gasteiger partial charge on any atom is -0.464 e. The van der Waals surface area contributed by atoms with Crippen molar-refractivity contribution >= 4 is 27.7 Å². The summed E-state index contributed by atoms with van der Waals surface area (Å²) in [5.74, 6) is 0.772. The maximum atomic E-state index is 5.84. The molecule has 0 bridgehead atoms. The van der Waals surface area contributed by atoms with Gasteiger partial charge in [0.2, 0.25) is 0 Å². The number of nitrogen functional groups attached to an aromatic ring is 1. The summed E-state index contributed by atoms with van der Waals surface area (Å²) in [7, 11) is 1.96. The Morgan fingerprint density at radius 2 is 2.07 bits per heavy atom. The fraction of sp³-hybridized carbons (Fsp3) is 0.0909. The van der Waals surface area contributed by atoms with Crippen LogP contribution in [-0.2, 0) is 7.05 Å². The largest absolute Gasteiger partial charge is 0.464 e. The van der Waals surface area contributed by atoms with Crippen molar-refractivity contribution in [1.82, 2.24) is 4.57 Å². The van der Waals surface area contributed by atoms with E-state index in [1.165, 1.54) is 0 Å². The number of hydrogen-bond donors (Lipinski definition) is 1. The Bertz CT molecular complexity index is 619. The first-order valence-corrected chi connectivity index (χ1v) is 4.48. The van der Waals surface area contributed by atoms with Gasteiger partial charge in [0.1, 0.15) is 11.4 Å². The average Bonchev–Trinajstić information content (AvgIpc) is 2.73. The Hall–Kier alpha value is -1.90. The molecule has 0 aliphatic heterocycles. The van der Waals surface area contributed by atoms with Gasteiger partial charge in [0.25, 0.3) is 0 Å². The van der Waals surface area contributed by atoms with Gasteiger partial charge in [-0.05, 0) is 24.3 Å². The van der Waals surface area contributed by atoms with Crippen LogP contribution in [0.25, 0.3) is 21.9 Å². The Morgan fingerprint density at radius 1 is 1.21 bits per heavy atom. The SMILES string of the molecule is Cn1c(N)cc2c3ccoc3ccc21. The van der Waals surface area contributed by atoms with E-state index < -0.39 is 0 Å². The van der Waals surface area contributed by atoms with Crippen molar-refractivity contribution in [2.45, 2.75) is 0 Å². The molecule has 0 atom stereocenters. The molecule has 70 valence electrons. The fourth-order valence-electron chi connectivity index (χ4n) is 1.88. The molecule has 3 nitrogen and oxygen atoms in total. The lowest BCUT2D eigenvalue weighted by molar-refractivity contribution is 0.616. The Kier molecular flexibility index (Phi) is 1.24. The molecule has 0 spiro atoms. The molecule has 0 aliphatic carbocycles. The van der Waals surface area contributed by atoms with Gasteiger partial charge in [-0.2, -0.15) is 0 Å². The molecule has 3 aromatic rings. The van der Waals surface area contributed by atoms with Crippen LogP contribution in [0.3, 0.4) is 0 Å². The first kappa shape index (κ1) is 7.50. The first-order valence-electron chi connectivity index (χ1n) is 4.48. The van der Waals surface area contributed by atoms with Crippen molar-refractivity contribution in [2.24, 2.45) is 7.05 Å². The van der Waals surface area contributed by atoms with Crippen LogP contribution in [0.4, 0.5) is 5.82 Å². The summed E-state index contributed by atoms with van der Waals surface area (Å²) in [6.45, 7) is 0. The number of nitrogens with two attached hydrogens (primary N) is 1. The third kappa shape index (κ3) is 0.763. The van der Waals surface area contributed by atoms with Gasteiger partial charge in [-0.1, -0.05) is 0 Å². The van der Waals surface area contributed by atoms with Crippen LogP contribution >= 0.6 is 0 Å². The molecule has 14 heavy (non-hydrogen) atoms. The molecule has 0 saturated heterocycles. The number of benzene rings is 1. The summed E-state index contributed by atoms with van der Waals surface area (Å²) in [6, 6.07) is 7.94. The summed E-state index contributed by atoms with van der Waals surface area (Å²) in [6.07, 6.45) is 1.70. The number of furan rings is 1. The second-order valence-electron chi connectivity index (χ2n) is 3.46. The highest BCUT2D eigenvalue weighted by atomic mass is 16.3. The summed E-state index contributed by atoms with van der Waals surface area (Å²) >= 11 is 0. The van der Waals surface area contributed by atoms with E-state index in [0.29, 0.717) is 0 Å². The fourth-order valence-corrected chi connectivity index (χ4v) is 1.88. The molecule has 0 amide bonds. The highest BCUT2D eigenvalue weighted by molar-refractivity contribution is 6.06. The maximum absolute atomic E-state index is 5.84. The van der Waals surface area contributed by atoms with Gasteiger partial charge in [0.05, 0.1) is 11.8 Å². The first-order chi connectivity index (χ1) is 6.77.